The summed E-state index contributed by atoms with van der Waals surface area (Å²) in [6, 6.07) is 3.43. The van der Waals surface area contributed by atoms with E-state index in [0.29, 0.717) is 11.3 Å². The highest BCUT2D eigenvalue weighted by Gasteiger charge is 2.11. The normalized spacial score (nSPS) is 11.7. The number of hydrogen-bond acceptors (Lipinski definition) is 3. The predicted molar refractivity (Wildman–Crippen MR) is 54.2 cm³/mol. The average molecular weight is 222 g/mol. The maximum absolute atomic E-state index is 12.8. The van der Waals surface area contributed by atoms with Crippen molar-refractivity contribution in [1.82, 2.24) is 0 Å². The smallest absolute Gasteiger partial charge is 0.123 e. The highest BCUT2D eigenvalue weighted by atomic mass is 35.5. The molecule has 0 saturated carbocycles. The molecule has 0 bridgehead atoms. The lowest BCUT2D eigenvalue weighted by molar-refractivity contribution is 0.264. The van der Waals surface area contributed by atoms with Gasteiger partial charge in [0.05, 0.1) is 19.8 Å². The Morgan fingerprint density at radius 1 is 1.57 bits per heavy atom. The van der Waals surface area contributed by atoms with Gasteiger partial charge in [-0.25, -0.2) is 4.39 Å². The van der Waals surface area contributed by atoms with Gasteiger partial charge in [-0.05, 0) is 18.2 Å². The van der Waals surface area contributed by atoms with Crippen LogP contribution in [-0.2, 0) is 0 Å². The van der Waals surface area contributed by atoms with Crippen molar-refractivity contribution in [2.24, 2.45) is 5.73 Å². The Balaban J connectivity index is 0.00000169. The molecule has 0 saturated heterocycles. The molecule has 3 N–H and O–H groups in total. The van der Waals surface area contributed by atoms with Crippen LogP contribution < -0.4 is 10.5 Å². The molecule has 0 aliphatic heterocycles. The van der Waals surface area contributed by atoms with Crippen molar-refractivity contribution in [3.63, 3.8) is 0 Å². The first kappa shape index (κ1) is 13.2. The Bertz CT molecular complexity index is 296. The molecule has 0 spiro atoms. The molecular weight excluding hydrogens is 209 g/mol. The molecule has 3 nitrogen and oxygen atoms in total. The minimum Gasteiger partial charge on any atom is -0.496 e. The summed E-state index contributed by atoms with van der Waals surface area (Å²) in [7, 11) is 1.47. The molecular formula is C9H13ClFNO2. The second-order valence-electron chi connectivity index (χ2n) is 2.68. The van der Waals surface area contributed by atoms with Crippen molar-refractivity contribution in [2.45, 2.75) is 6.04 Å². The second kappa shape index (κ2) is 5.80. The van der Waals surface area contributed by atoms with Crippen LogP contribution in [0, 0.1) is 5.82 Å². The molecule has 0 aromatic heterocycles. The number of methoxy groups -OCH3 is 1. The van der Waals surface area contributed by atoms with Crippen molar-refractivity contribution in [1.29, 1.82) is 0 Å². The zero-order valence-corrected chi connectivity index (χ0v) is 8.55. The number of hydrogen-bond donors (Lipinski definition) is 2. The molecule has 1 aromatic carbocycles. The van der Waals surface area contributed by atoms with E-state index in [9.17, 15) is 4.39 Å². The SMILES string of the molecule is COc1ccc(F)cc1[C@H](N)CO.Cl. The number of ether oxygens (including phenoxy) is 1. The van der Waals surface area contributed by atoms with Crippen LogP contribution in [0.1, 0.15) is 11.6 Å². The zero-order valence-electron chi connectivity index (χ0n) is 7.74. The summed E-state index contributed by atoms with van der Waals surface area (Å²) < 4.78 is 17.8. The van der Waals surface area contributed by atoms with E-state index in [1.54, 1.807) is 0 Å². The van der Waals surface area contributed by atoms with Crippen LogP contribution in [0.2, 0.25) is 0 Å². The van der Waals surface area contributed by atoms with Crippen LogP contribution in [0.3, 0.4) is 0 Å². The van der Waals surface area contributed by atoms with Crippen molar-refractivity contribution in [3.8, 4) is 5.75 Å². The van der Waals surface area contributed by atoms with Crippen LogP contribution in [0.4, 0.5) is 4.39 Å². The first-order valence-corrected chi connectivity index (χ1v) is 3.89. The Hall–Kier alpha value is -0.840. The molecule has 0 aliphatic rings. The van der Waals surface area contributed by atoms with E-state index in [1.165, 1.54) is 25.3 Å². The summed E-state index contributed by atoms with van der Waals surface area (Å²) in [6.07, 6.45) is 0. The Labute approximate surface area is 88.1 Å². The first-order valence-electron chi connectivity index (χ1n) is 3.89. The van der Waals surface area contributed by atoms with Crippen molar-refractivity contribution in [2.75, 3.05) is 13.7 Å². The minimum absolute atomic E-state index is 0. The van der Waals surface area contributed by atoms with Gasteiger partial charge in [0, 0.05) is 5.56 Å². The predicted octanol–water partition coefficient (Wildman–Crippen LogP) is 1.25. The lowest BCUT2D eigenvalue weighted by atomic mass is 10.1. The van der Waals surface area contributed by atoms with Gasteiger partial charge in [-0.15, -0.1) is 12.4 Å². The summed E-state index contributed by atoms with van der Waals surface area (Å²) in [5, 5.41) is 8.80. The first-order chi connectivity index (χ1) is 6.19. The number of rotatable bonds is 3. The molecule has 0 amide bonds. The van der Waals surface area contributed by atoms with Gasteiger partial charge >= 0.3 is 0 Å². The zero-order chi connectivity index (χ0) is 9.84. The monoisotopic (exact) mass is 221 g/mol. The maximum atomic E-state index is 12.8. The van der Waals surface area contributed by atoms with Gasteiger partial charge in [0.2, 0.25) is 0 Å². The third-order valence-corrected chi connectivity index (χ3v) is 1.79. The number of aliphatic hydroxyl groups excluding tert-OH is 1. The van der Waals surface area contributed by atoms with E-state index in [4.69, 9.17) is 15.6 Å². The minimum atomic E-state index is -0.606. The molecule has 14 heavy (non-hydrogen) atoms. The summed E-state index contributed by atoms with van der Waals surface area (Å²) in [4.78, 5) is 0. The van der Waals surface area contributed by atoms with Crippen LogP contribution in [0.5, 0.6) is 5.75 Å². The van der Waals surface area contributed by atoms with Gasteiger partial charge in [0.25, 0.3) is 0 Å². The van der Waals surface area contributed by atoms with Gasteiger partial charge in [-0.1, -0.05) is 0 Å². The Morgan fingerprint density at radius 3 is 2.71 bits per heavy atom. The third-order valence-electron chi connectivity index (χ3n) is 1.79. The molecule has 0 fully saturated rings. The van der Waals surface area contributed by atoms with E-state index >= 15 is 0 Å². The summed E-state index contributed by atoms with van der Waals surface area (Å²) in [5.74, 6) is 0.0997. The third kappa shape index (κ3) is 2.83. The van der Waals surface area contributed by atoms with Crippen molar-refractivity contribution < 1.29 is 14.2 Å². The Kier molecular flexibility index (Phi) is 5.45. The second-order valence-corrected chi connectivity index (χ2v) is 2.68. The van der Waals surface area contributed by atoms with Crippen LogP contribution in [0.15, 0.2) is 18.2 Å². The van der Waals surface area contributed by atoms with Gasteiger partial charge in [0.1, 0.15) is 11.6 Å². The number of aliphatic hydroxyl groups is 1. The Morgan fingerprint density at radius 2 is 2.21 bits per heavy atom. The standard InChI is InChI=1S/C9H12FNO2.ClH/c1-13-9-3-2-6(10)4-7(9)8(11)5-12;/h2-4,8,12H,5,11H2,1H3;1H/t8-;/m1./s1. The number of nitrogens with two attached hydrogens (primary N) is 1. The van der Waals surface area contributed by atoms with E-state index in [1.807, 2.05) is 0 Å². The van der Waals surface area contributed by atoms with Crippen LogP contribution >= 0.6 is 12.4 Å². The molecule has 1 atom stereocenters. The summed E-state index contributed by atoms with van der Waals surface area (Å²) in [5.41, 5.74) is 6.02. The lowest BCUT2D eigenvalue weighted by Gasteiger charge is -2.12. The largest absolute Gasteiger partial charge is 0.496 e. The topological polar surface area (TPSA) is 55.5 Å². The molecule has 1 rings (SSSR count). The summed E-state index contributed by atoms with van der Waals surface area (Å²) in [6.45, 7) is -0.236. The van der Waals surface area contributed by atoms with Gasteiger partial charge in [-0.2, -0.15) is 0 Å². The molecule has 0 aliphatic carbocycles. The highest BCUT2D eigenvalue weighted by molar-refractivity contribution is 5.85. The quantitative estimate of drug-likeness (QED) is 0.808. The lowest BCUT2D eigenvalue weighted by Crippen LogP contribution is -2.15. The highest BCUT2D eigenvalue weighted by Crippen LogP contribution is 2.24. The molecule has 0 heterocycles. The van der Waals surface area contributed by atoms with Gasteiger partial charge < -0.3 is 15.6 Å². The van der Waals surface area contributed by atoms with Crippen molar-refractivity contribution in [3.05, 3.63) is 29.6 Å². The van der Waals surface area contributed by atoms with Crippen molar-refractivity contribution >= 4 is 12.4 Å². The fraction of sp³-hybridized carbons (Fsp3) is 0.333. The van der Waals surface area contributed by atoms with Gasteiger partial charge in [-0.3, -0.25) is 0 Å². The van der Waals surface area contributed by atoms with E-state index in [2.05, 4.69) is 0 Å². The summed E-state index contributed by atoms with van der Waals surface area (Å²) >= 11 is 0. The molecule has 1 aromatic rings. The molecule has 5 heteroatoms. The van der Waals surface area contributed by atoms with Gasteiger partial charge in [0.15, 0.2) is 0 Å². The van der Waals surface area contributed by atoms with Crippen LogP contribution in [-0.4, -0.2) is 18.8 Å². The molecule has 0 unspecified atom stereocenters. The van der Waals surface area contributed by atoms with Crippen LogP contribution in [0.25, 0.3) is 0 Å². The van der Waals surface area contributed by atoms with E-state index in [0.717, 1.165) is 0 Å². The maximum Gasteiger partial charge on any atom is 0.123 e. The average Bonchev–Trinajstić information content (AvgIpc) is 2.16. The fourth-order valence-corrected chi connectivity index (χ4v) is 1.09. The molecule has 80 valence electrons. The van der Waals surface area contributed by atoms with E-state index < -0.39 is 6.04 Å². The molecule has 0 radical (unpaired) electrons. The fourth-order valence-electron chi connectivity index (χ4n) is 1.09. The number of benzene rings is 1. The van der Waals surface area contributed by atoms with E-state index in [-0.39, 0.29) is 24.8 Å². The number of halogens is 2.